The number of likely N-dealkylation sites (tertiary alicyclic amines) is 1. The molecule has 0 bridgehead atoms. The van der Waals surface area contributed by atoms with Crippen molar-refractivity contribution in [3.63, 3.8) is 0 Å². The molecule has 0 saturated carbocycles. The van der Waals surface area contributed by atoms with E-state index in [4.69, 9.17) is 14.2 Å². The molecule has 1 aromatic rings. The van der Waals surface area contributed by atoms with Crippen LogP contribution in [-0.4, -0.2) is 62.9 Å². The zero-order valence-corrected chi connectivity index (χ0v) is 14.4. The number of nitrogens with zero attached hydrogens (tertiary/aromatic N) is 1. The molecule has 24 heavy (non-hydrogen) atoms. The van der Waals surface area contributed by atoms with Crippen LogP contribution in [0.25, 0.3) is 0 Å². The second-order valence-corrected chi connectivity index (χ2v) is 6.50. The minimum Gasteiger partial charge on any atom is -0.482 e. The molecular weight excluding hydrogens is 308 g/mol. The maximum Gasteiger partial charge on any atom is 0.265 e. The van der Waals surface area contributed by atoms with E-state index in [-0.39, 0.29) is 12.0 Å². The summed E-state index contributed by atoms with van der Waals surface area (Å²) in [5.74, 6) is 1.70. The molecule has 6 nitrogen and oxygen atoms in total. The zero-order valence-electron chi connectivity index (χ0n) is 14.4. The van der Waals surface area contributed by atoms with Gasteiger partial charge in [0.15, 0.2) is 11.5 Å². The van der Waals surface area contributed by atoms with Gasteiger partial charge in [-0.3, -0.25) is 4.79 Å². The molecule has 0 radical (unpaired) electrons. The number of hydrogen-bond acceptors (Lipinski definition) is 5. The third-order valence-electron chi connectivity index (χ3n) is 4.65. The van der Waals surface area contributed by atoms with Crippen LogP contribution in [0.2, 0.25) is 0 Å². The summed E-state index contributed by atoms with van der Waals surface area (Å²) in [5, 5.41) is 3.03. The summed E-state index contributed by atoms with van der Waals surface area (Å²) in [5.41, 5.74) is 0. The predicted octanol–water partition coefficient (Wildman–Crippen LogP) is 1.30. The molecule has 0 spiro atoms. The van der Waals surface area contributed by atoms with Crippen LogP contribution in [0.15, 0.2) is 24.3 Å². The summed E-state index contributed by atoms with van der Waals surface area (Å²) >= 11 is 0. The van der Waals surface area contributed by atoms with E-state index in [2.05, 4.69) is 10.2 Å². The Bertz CT molecular complexity index is 566. The van der Waals surface area contributed by atoms with Crippen LogP contribution in [0.1, 0.15) is 13.3 Å². The number of methoxy groups -OCH3 is 1. The van der Waals surface area contributed by atoms with Crippen molar-refractivity contribution >= 4 is 5.91 Å². The van der Waals surface area contributed by atoms with Gasteiger partial charge in [-0.1, -0.05) is 12.1 Å². The highest BCUT2D eigenvalue weighted by atomic mass is 16.6. The van der Waals surface area contributed by atoms with Crippen molar-refractivity contribution in [3.8, 4) is 11.5 Å². The number of para-hydroxylation sites is 2. The number of ether oxygens (including phenoxy) is 3. The van der Waals surface area contributed by atoms with Crippen molar-refractivity contribution in [2.24, 2.45) is 5.92 Å². The minimum absolute atomic E-state index is 0.104. The molecular formula is C18H26N2O4. The fourth-order valence-electron chi connectivity index (χ4n) is 3.25. The molecule has 1 amide bonds. The molecule has 2 aliphatic rings. The SMILES string of the molecule is COCCN1CC[C@H](CNC(=O)[C@@H]2Oc3ccccc3O[C@@H]2C)C1. The summed E-state index contributed by atoms with van der Waals surface area (Å²) < 4.78 is 16.7. The average molecular weight is 334 g/mol. The van der Waals surface area contributed by atoms with Gasteiger partial charge in [0.05, 0.1) is 6.61 Å². The smallest absolute Gasteiger partial charge is 0.265 e. The monoisotopic (exact) mass is 334 g/mol. The van der Waals surface area contributed by atoms with Gasteiger partial charge in [-0.2, -0.15) is 0 Å². The lowest BCUT2D eigenvalue weighted by molar-refractivity contribution is -0.133. The maximum absolute atomic E-state index is 12.5. The van der Waals surface area contributed by atoms with Gasteiger partial charge in [0.1, 0.15) is 6.10 Å². The first-order valence-electron chi connectivity index (χ1n) is 8.58. The molecule has 2 aliphatic heterocycles. The molecule has 1 N–H and O–H groups in total. The topological polar surface area (TPSA) is 60.0 Å². The fourth-order valence-corrected chi connectivity index (χ4v) is 3.25. The number of carbonyl (C=O) groups excluding carboxylic acids is 1. The molecule has 6 heteroatoms. The van der Waals surface area contributed by atoms with E-state index in [1.54, 1.807) is 7.11 Å². The lowest BCUT2D eigenvalue weighted by Gasteiger charge is -2.31. The summed E-state index contributed by atoms with van der Waals surface area (Å²) in [4.78, 5) is 14.9. The maximum atomic E-state index is 12.5. The van der Waals surface area contributed by atoms with Gasteiger partial charge in [0.25, 0.3) is 5.91 Å². The molecule has 1 aromatic carbocycles. The van der Waals surface area contributed by atoms with Crippen molar-refractivity contribution in [3.05, 3.63) is 24.3 Å². The van der Waals surface area contributed by atoms with Crippen LogP contribution in [0.5, 0.6) is 11.5 Å². The van der Waals surface area contributed by atoms with Gasteiger partial charge in [-0.15, -0.1) is 0 Å². The Morgan fingerprint density at radius 3 is 2.83 bits per heavy atom. The molecule has 1 saturated heterocycles. The number of fused-ring (bicyclic) bond motifs is 1. The third-order valence-corrected chi connectivity index (χ3v) is 4.65. The Kier molecular flexibility index (Phi) is 5.58. The van der Waals surface area contributed by atoms with Crippen molar-refractivity contribution in [1.82, 2.24) is 10.2 Å². The van der Waals surface area contributed by atoms with E-state index in [1.807, 2.05) is 31.2 Å². The standard InChI is InChI=1S/C18H26N2O4/c1-13-17(24-16-6-4-3-5-15(16)23-13)18(21)19-11-14-7-8-20(12-14)9-10-22-2/h3-6,13-14,17H,7-12H2,1-2H3,(H,19,21)/t13-,14-,17-/m1/s1. The number of rotatable bonds is 6. The number of hydrogen-bond donors (Lipinski definition) is 1. The molecule has 0 aliphatic carbocycles. The molecule has 1 fully saturated rings. The van der Waals surface area contributed by atoms with Crippen LogP contribution in [0, 0.1) is 5.92 Å². The number of nitrogens with one attached hydrogen (secondary N) is 1. The van der Waals surface area contributed by atoms with Crippen LogP contribution in [-0.2, 0) is 9.53 Å². The van der Waals surface area contributed by atoms with E-state index >= 15 is 0 Å². The Morgan fingerprint density at radius 2 is 2.08 bits per heavy atom. The Hall–Kier alpha value is -1.79. The van der Waals surface area contributed by atoms with Crippen LogP contribution < -0.4 is 14.8 Å². The summed E-state index contributed by atoms with van der Waals surface area (Å²) in [6.45, 7) is 6.32. The quantitative estimate of drug-likeness (QED) is 0.850. The van der Waals surface area contributed by atoms with Gasteiger partial charge in [-0.25, -0.2) is 0 Å². The Labute approximate surface area is 143 Å². The Morgan fingerprint density at radius 1 is 1.33 bits per heavy atom. The predicted molar refractivity (Wildman–Crippen MR) is 90.4 cm³/mol. The molecule has 132 valence electrons. The van der Waals surface area contributed by atoms with Crippen LogP contribution >= 0.6 is 0 Å². The van der Waals surface area contributed by atoms with Crippen LogP contribution in [0.4, 0.5) is 0 Å². The van der Waals surface area contributed by atoms with E-state index in [1.165, 1.54) is 0 Å². The van der Waals surface area contributed by atoms with Crippen molar-refractivity contribution in [2.45, 2.75) is 25.6 Å². The Balaban J connectivity index is 1.47. The largest absolute Gasteiger partial charge is 0.482 e. The average Bonchev–Trinajstić information content (AvgIpc) is 3.05. The molecule has 2 heterocycles. The van der Waals surface area contributed by atoms with Gasteiger partial charge in [0, 0.05) is 26.7 Å². The number of benzene rings is 1. The lowest BCUT2D eigenvalue weighted by atomic mass is 10.1. The molecule has 0 aromatic heterocycles. The molecule has 0 unspecified atom stereocenters. The van der Waals surface area contributed by atoms with Crippen molar-refractivity contribution in [1.29, 1.82) is 0 Å². The molecule has 3 atom stereocenters. The minimum atomic E-state index is -0.606. The molecule has 3 rings (SSSR count). The number of carbonyl (C=O) groups is 1. The van der Waals surface area contributed by atoms with Crippen molar-refractivity contribution in [2.75, 3.05) is 39.9 Å². The van der Waals surface area contributed by atoms with E-state index in [0.717, 1.165) is 32.7 Å². The highest BCUT2D eigenvalue weighted by Gasteiger charge is 2.34. The first kappa shape index (κ1) is 17.0. The van der Waals surface area contributed by atoms with Crippen molar-refractivity contribution < 1.29 is 19.0 Å². The second kappa shape index (κ2) is 7.85. The lowest BCUT2D eigenvalue weighted by Crippen LogP contribution is -2.50. The zero-order chi connectivity index (χ0) is 16.9. The third kappa shape index (κ3) is 3.99. The van der Waals surface area contributed by atoms with Gasteiger partial charge < -0.3 is 24.4 Å². The van der Waals surface area contributed by atoms with E-state index in [0.29, 0.717) is 24.0 Å². The van der Waals surface area contributed by atoms with Gasteiger partial charge in [-0.05, 0) is 37.9 Å². The fraction of sp³-hybridized carbons (Fsp3) is 0.611. The second-order valence-electron chi connectivity index (χ2n) is 6.50. The van der Waals surface area contributed by atoms with Crippen LogP contribution in [0.3, 0.4) is 0 Å². The van der Waals surface area contributed by atoms with Gasteiger partial charge >= 0.3 is 0 Å². The first-order valence-corrected chi connectivity index (χ1v) is 8.58. The normalized spacial score (nSPS) is 26.3. The van der Waals surface area contributed by atoms with E-state index < -0.39 is 6.10 Å². The van der Waals surface area contributed by atoms with Gasteiger partial charge in [0.2, 0.25) is 6.10 Å². The summed E-state index contributed by atoms with van der Waals surface area (Å²) in [6, 6.07) is 7.45. The highest BCUT2D eigenvalue weighted by molar-refractivity contribution is 5.82. The summed E-state index contributed by atoms with van der Waals surface area (Å²) in [6.07, 6.45) is 0.192. The van der Waals surface area contributed by atoms with E-state index in [9.17, 15) is 4.79 Å². The number of amides is 1. The highest BCUT2D eigenvalue weighted by Crippen LogP contribution is 2.33. The summed E-state index contributed by atoms with van der Waals surface area (Å²) in [7, 11) is 1.72. The first-order chi connectivity index (χ1) is 11.7.